The third kappa shape index (κ3) is 11.3. The van der Waals surface area contributed by atoms with Gasteiger partial charge in [0.1, 0.15) is 0 Å². The van der Waals surface area contributed by atoms with E-state index in [1.807, 2.05) is 32.6 Å². The first-order chi connectivity index (χ1) is 12.3. The highest BCUT2D eigenvalue weighted by molar-refractivity contribution is 14.1. The molecule has 0 aliphatic heterocycles. The molecule has 0 saturated heterocycles. The van der Waals surface area contributed by atoms with Gasteiger partial charge in [-0.15, -0.1) is 0 Å². The van der Waals surface area contributed by atoms with Crippen molar-refractivity contribution < 1.29 is 22.5 Å². The number of rotatable bonds is 16. The van der Waals surface area contributed by atoms with Gasteiger partial charge in [0, 0.05) is 52.5 Å². The fourth-order valence-corrected chi connectivity index (χ4v) is 10.1. The van der Waals surface area contributed by atoms with Crippen molar-refractivity contribution in [1.82, 2.24) is 4.90 Å². The van der Waals surface area contributed by atoms with Gasteiger partial charge in [0.25, 0.3) is 0 Å². The molecule has 0 aliphatic rings. The largest absolute Gasteiger partial charge is 0.407 e. The highest BCUT2D eigenvalue weighted by Crippen LogP contribution is 2.24. The minimum atomic E-state index is -2.13. The summed E-state index contributed by atoms with van der Waals surface area (Å²) < 4.78 is 23.5. The summed E-state index contributed by atoms with van der Waals surface area (Å²) >= 11 is 2.36. The van der Waals surface area contributed by atoms with E-state index in [1.165, 1.54) is 0 Å². The van der Waals surface area contributed by atoms with Crippen molar-refractivity contribution in [2.75, 3.05) is 39.5 Å². The highest BCUT2D eigenvalue weighted by atomic mass is 127. The summed E-state index contributed by atoms with van der Waals surface area (Å²) in [6.07, 6.45) is 1.81. The molecule has 6 nitrogen and oxygen atoms in total. The monoisotopic (exact) mass is 519 g/mol. The number of halogens is 1. The molecule has 0 spiro atoms. The minimum Gasteiger partial charge on any atom is -0.395 e. The molecule has 0 heterocycles. The summed E-state index contributed by atoms with van der Waals surface area (Å²) in [5, 5.41) is 0. The van der Waals surface area contributed by atoms with Gasteiger partial charge in [0.15, 0.2) is 0 Å². The summed E-state index contributed by atoms with van der Waals surface area (Å²) in [4.78, 5) is 13.9. The summed E-state index contributed by atoms with van der Waals surface area (Å²) in [7, 11) is -2.11. The topological polar surface area (TPSA) is 57.2 Å². The summed E-state index contributed by atoms with van der Waals surface area (Å²) in [5.74, 6) is 0.120. The lowest BCUT2D eigenvalue weighted by molar-refractivity contribution is -0.128. The normalized spacial score (nSPS) is 12.4. The van der Waals surface area contributed by atoms with Gasteiger partial charge in [-0.2, -0.15) is 0 Å². The molecular formula is C17H38INO5Si2. The lowest BCUT2D eigenvalue weighted by Gasteiger charge is -2.28. The number of nitrogens with zero attached hydrogens (tertiary/aromatic N) is 1. The van der Waals surface area contributed by atoms with Gasteiger partial charge in [-0.05, 0) is 74.9 Å². The van der Waals surface area contributed by atoms with Crippen LogP contribution in [-0.2, 0) is 22.5 Å². The molecule has 0 aromatic heterocycles. The first kappa shape index (κ1) is 26.5. The Morgan fingerprint density at radius 3 is 1.65 bits per heavy atom. The number of carbonyl (C=O) groups is 1. The van der Waals surface area contributed by atoms with E-state index in [1.54, 1.807) is 6.92 Å². The van der Waals surface area contributed by atoms with Gasteiger partial charge in [-0.3, -0.25) is 4.79 Å². The zero-order valence-electron chi connectivity index (χ0n) is 17.4. The van der Waals surface area contributed by atoms with Crippen LogP contribution in [0.4, 0.5) is 0 Å². The SMILES string of the molecule is CCO[Si](C)(CCCN(CCC[Si](I)(OCC)OCC)C(C)=O)OCC. The number of hydrogen-bond donors (Lipinski definition) is 0. The third-order valence-corrected chi connectivity index (χ3v) is 13.0. The Balaban J connectivity index is 4.46. The van der Waals surface area contributed by atoms with Crippen molar-refractivity contribution in [2.24, 2.45) is 0 Å². The molecule has 0 rings (SSSR count). The van der Waals surface area contributed by atoms with E-state index in [0.717, 1.165) is 38.0 Å². The third-order valence-electron chi connectivity index (χ3n) is 4.03. The molecule has 0 N–H and O–H groups in total. The van der Waals surface area contributed by atoms with E-state index in [2.05, 4.69) is 28.3 Å². The average molecular weight is 520 g/mol. The van der Waals surface area contributed by atoms with Crippen LogP contribution >= 0.6 is 21.8 Å². The van der Waals surface area contributed by atoms with E-state index in [0.29, 0.717) is 26.4 Å². The van der Waals surface area contributed by atoms with Gasteiger partial charge < -0.3 is 22.6 Å². The Morgan fingerprint density at radius 2 is 1.27 bits per heavy atom. The summed E-state index contributed by atoms with van der Waals surface area (Å²) in [6.45, 7) is 15.9. The second-order valence-electron chi connectivity index (χ2n) is 6.24. The van der Waals surface area contributed by atoms with Crippen LogP contribution in [0.15, 0.2) is 0 Å². The predicted molar refractivity (Wildman–Crippen MR) is 119 cm³/mol. The lowest BCUT2D eigenvalue weighted by Crippen LogP contribution is -2.40. The molecule has 156 valence electrons. The standard InChI is InChI=1S/C17H38INO5Si2/c1-7-21-25(6,22-8-2)15-11-13-19(17(5)20)14-12-16-26(18,23-9-3)24-10-4/h7-16H2,1-6H3. The van der Waals surface area contributed by atoms with Crippen molar-refractivity contribution in [3.8, 4) is 0 Å². The smallest absolute Gasteiger partial charge is 0.395 e. The second kappa shape index (κ2) is 14.5. The molecule has 0 unspecified atom stereocenters. The fourth-order valence-electron chi connectivity index (χ4n) is 2.91. The Hall–Kier alpha value is 0.474. The zero-order valence-corrected chi connectivity index (χ0v) is 21.6. The molecule has 9 heteroatoms. The van der Waals surface area contributed by atoms with Crippen LogP contribution in [0.25, 0.3) is 0 Å². The molecule has 0 radical (unpaired) electrons. The van der Waals surface area contributed by atoms with Gasteiger partial charge in [-0.25, -0.2) is 0 Å². The number of carbonyl (C=O) groups excluding carboxylic acids is 1. The molecular weight excluding hydrogens is 481 g/mol. The highest BCUT2D eigenvalue weighted by Gasteiger charge is 2.34. The van der Waals surface area contributed by atoms with E-state index in [-0.39, 0.29) is 5.91 Å². The minimum absolute atomic E-state index is 0.120. The lowest BCUT2D eigenvalue weighted by atomic mass is 10.3. The van der Waals surface area contributed by atoms with Crippen LogP contribution in [0.1, 0.15) is 47.5 Å². The van der Waals surface area contributed by atoms with Crippen molar-refractivity contribution in [3.63, 3.8) is 0 Å². The molecule has 0 saturated carbocycles. The van der Waals surface area contributed by atoms with Crippen LogP contribution in [-0.4, -0.2) is 64.9 Å². The second-order valence-corrected chi connectivity index (χ2v) is 16.9. The molecule has 0 bridgehead atoms. The van der Waals surface area contributed by atoms with Crippen LogP contribution in [0, 0.1) is 0 Å². The van der Waals surface area contributed by atoms with Gasteiger partial charge in [0.2, 0.25) is 5.91 Å². The Labute approximate surface area is 175 Å². The van der Waals surface area contributed by atoms with Gasteiger partial charge in [0.05, 0.1) is 0 Å². The van der Waals surface area contributed by atoms with E-state index < -0.39 is 14.6 Å². The molecule has 0 aliphatic carbocycles. The van der Waals surface area contributed by atoms with Crippen molar-refractivity contribution in [2.45, 2.75) is 66.1 Å². The van der Waals surface area contributed by atoms with Crippen LogP contribution in [0.2, 0.25) is 18.6 Å². The van der Waals surface area contributed by atoms with Crippen molar-refractivity contribution in [3.05, 3.63) is 0 Å². The van der Waals surface area contributed by atoms with Crippen molar-refractivity contribution in [1.29, 1.82) is 0 Å². The molecule has 1 amide bonds. The maximum atomic E-state index is 12.0. The maximum absolute atomic E-state index is 12.0. The van der Waals surface area contributed by atoms with Crippen LogP contribution in [0.3, 0.4) is 0 Å². The number of amides is 1. The Kier molecular flexibility index (Phi) is 14.7. The molecule has 0 atom stereocenters. The molecule has 26 heavy (non-hydrogen) atoms. The summed E-state index contributed by atoms with van der Waals surface area (Å²) in [5.41, 5.74) is 0. The summed E-state index contributed by atoms with van der Waals surface area (Å²) in [6, 6.07) is -0.338. The van der Waals surface area contributed by atoms with E-state index >= 15 is 0 Å². The molecule has 0 aromatic carbocycles. The fraction of sp³-hybridized carbons (Fsp3) is 0.941. The van der Waals surface area contributed by atoms with E-state index in [9.17, 15) is 4.79 Å². The number of hydrogen-bond acceptors (Lipinski definition) is 5. The van der Waals surface area contributed by atoms with Crippen molar-refractivity contribution >= 4 is 42.3 Å². The maximum Gasteiger partial charge on any atom is 0.407 e. The predicted octanol–water partition coefficient (Wildman–Crippen LogP) is 4.21. The zero-order chi connectivity index (χ0) is 20.1. The Bertz CT molecular complexity index is 350. The van der Waals surface area contributed by atoms with E-state index in [4.69, 9.17) is 17.7 Å². The van der Waals surface area contributed by atoms with Gasteiger partial charge in [-0.1, -0.05) is 0 Å². The Morgan fingerprint density at radius 1 is 0.846 bits per heavy atom. The van der Waals surface area contributed by atoms with Gasteiger partial charge >= 0.3 is 14.6 Å². The molecule has 0 aromatic rings. The van der Waals surface area contributed by atoms with Crippen LogP contribution in [0.5, 0.6) is 0 Å². The first-order valence-electron chi connectivity index (χ1n) is 9.76. The van der Waals surface area contributed by atoms with Crippen LogP contribution < -0.4 is 0 Å². The first-order valence-corrected chi connectivity index (χ1v) is 17.4. The molecule has 0 fully saturated rings. The average Bonchev–Trinajstić information content (AvgIpc) is 2.54. The quantitative estimate of drug-likeness (QED) is 0.174.